The number of carboxylic acids is 3. The van der Waals surface area contributed by atoms with E-state index in [9.17, 15) is 14.4 Å². The van der Waals surface area contributed by atoms with Crippen molar-refractivity contribution in [3.05, 3.63) is 126 Å². The van der Waals surface area contributed by atoms with Crippen molar-refractivity contribution in [2.24, 2.45) is 0 Å². The van der Waals surface area contributed by atoms with Crippen molar-refractivity contribution in [2.75, 3.05) is 0 Å². The smallest absolute Gasteiger partial charge is 0.354 e. The van der Waals surface area contributed by atoms with Crippen LogP contribution < -0.4 is 0 Å². The Morgan fingerprint density at radius 1 is 0.400 bits per heavy atom. The van der Waals surface area contributed by atoms with E-state index in [0.29, 0.717) is 16.6 Å². The van der Waals surface area contributed by atoms with Gasteiger partial charge in [-0.2, -0.15) is 0 Å². The summed E-state index contributed by atoms with van der Waals surface area (Å²) < 4.78 is 0. The third-order valence-corrected chi connectivity index (χ3v) is 5.45. The van der Waals surface area contributed by atoms with Crippen LogP contribution >= 0.6 is 0 Å². The van der Waals surface area contributed by atoms with E-state index in [2.05, 4.69) is 15.0 Å². The van der Waals surface area contributed by atoms with Crippen LogP contribution in [0.25, 0.3) is 32.7 Å². The van der Waals surface area contributed by atoms with Crippen molar-refractivity contribution in [3.8, 4) is 0 Å². The molecular weight excluding hydrogens is 657 g/mol. The molecule has 0 aliphatic rings. The van der Waals surface area contributed by atoms with E-state index in [-0.39, 0.29) is 55.7 Å². The molecule has 40 heavy (non-hydrogen) atoms. The maximum Gasteiger partial charge on any atom is 0.354 e. The average molecular weight is 678 g/mol. The number of hydrogen-bond acceptors (Lipinski definition) is 6. The predicted molar refractivity (Wildman–Crippen MR) is 146 cm³/mol. The van der Waals surface area contributed by atoms with Gasteiger partial charge in [0.15, 0.2) is 0 Å². The van der Waals surface area contributed by atoms with Gasteiger partial charge in [-0.15, -0.1) is 0 Å². The van der Waals surface area contributed by atoms with Crippen molar-refractivity contribution < 1.29 is 68.3 Å². The molecule has 0 aliphatic heterocycles. The van der Waals surface area contributed by atoms with Crippen LogP contribution in [0.15, 0.2) is 109 Å². The monoisotopic (exact) mass is 678 g/mol. The Bertz CT molecular complexity index is 1610. The molecule has 0 saturated heterocycles. The van der Waals surface area contributed by atoms with Crippen LogP contribution in [0.4, 0.5) is 0 Å². The Morgan fingerprint density at radius 2 is 0.650 bits per heavy atom. The molecule has 0 fully saturated rings. The number of fused-ring (bicyclic) bond motifs is 3. The normalized spacial score (nSPS) is 9.90. The summed E-state index contributed by atoms with van der Waals surface area (Å²) >= 11 is 0. The van der Waals surface area contributed by atoms with Gasteiger partial charge in [0.1, 0.15) is 17.1 Å². The fourth-order valence-corrected chi connectivity index (χ4v) is 3.56. The van der Waals surface area contributed by atoms with Crippen molar-refractivity contribution in [1.82, 2.24) is 15.0 Å². The van der Waals surface area contributed by atoms with E-state index in [1.807, 2.05) is 54.6 Å². The van der Waals surface area contributed by atoms with Gasteiger partial charge in [-0.3, -0.25) is 0 Å². The summed E-state index contributed by atoms with van der Waals surface area (Å²) in [6, 6.07) is 32.0. The number of nitrogens with zero attached hydrogens (tertiary/aromatic N) is 3. The van der Waals surface area contributed by atoms with Crippen LogP contribution in [0, 0.1) is 38.6 Å². The molecule has 9 nitrogen and oxygen atoms in total. The molecule has 0 spiro atoms. The molecule has 0 aliphatic carbocycles. The molecule has 3 heterocycles. The van der Waals surface area contributed by atoms with E-state index in [0.717, 1.165) is 16.2 Å². The van der Waals surface area contributed by atoms with Crippen molar-refractivity contribution in [3.63, 3.8) is 0 Å². The Kier molecular flexibility index (Phi) is 10.6. The largest absolute Gasteiger partial charge is 0.477 e. The average Bonchev–Trinajstić information content (AvgIpc) is 2.97. The fraction of sp³-hybridized carbons (Fsp3) is 0. The summed E-state index contributed by atoms with van der Waals surface area (Å²) in [5.74, 6) is -2.98. The van der Waals surface area contributed by atoms with Gasteiger partial charge in [0.05, 0.1) is 16.6 Å². The number of pyridine rings is 3. The standard InChI is InChI=1S/3C10H7NO2.Tb/c3*12-10(13)9-6-5-7-3-1-2-4-8(7)11-9;/h3*1-6H,(H,12,13);. The SMILES string of the molecule is O=C(O)c1ccc2ccccc2n1.O=C(O)c1ccc2ccccc2n1.O=C(O)c1ccc2ccccc2n1.[Tb]. The molecule has 0 unspecified atom stereocenters. The number of hydrogen-bond donors (Lipinski definition) is 3. The summed E-state index contributed by atoms with van der Waals surface area (Å²) in [6.45, 7) is 0. The van der Waals surface area contributed by atoms with Gasteiger partial charge in [0.2, 0.25) is 0 Å². The van der Waals surface area contributed by atoms with Crippen LogP contribution in [-0.4, -0.2) is 48.2 Å². The van der Waals surface area contributed by atoms with Crippen LogP contribution in [0.2, 0.25) is 0 Å². The van der Waals surface area contributed by atoms with E-state index < -0.39 is 17.9 Å². The van der Waals surface area contributed by atoms with E-state index in [4.69, 9.17) is 15.3 Å². The number of aromatic carboxylic acids is 3. The Hall–Kier alpha value is -4.41. The van der Waals surface area contributed by atoms with Crippen LogP contribution in [-0.2, 0) is 0 Å². The van der Waals surface area contributed by atoms with Crippen LogP contribution in [0.5, 0.6) is 0 Å². The number of aromatic nitrogens is 3. The third kappa shape index (κ3) is 7.81. The molecule has 6 rings (SSSR count). The van der Waals surface area contributed by atoms with Crippen molar-refractivity contribution >= 4 is 50.6 Å². The van der Waals surface area contributed by atoms with Crippen molar-refractivity contribution in [2.45, 2.75) is 0 Å². The van der Waals surface area contributed by atoms with Gasteiger partial charge in [0, 0.05) is 54.8 Å². The summed E-state index contributed by atoms with van der Waals surface area (Å²) in [7, 11) is 0. The molecule has 0 atom stereocenters. The number of carboxylic acid groups (broad SMARTS) is 3. The van der Waals surface area contributed by atoms with E-state index >= 15 is 0 Å². The fourth-order valence-electron chi connectivity index (χ4n) is 3.56. The number of carbonyl (C=O) groups is 3. The molecule has 0 amide bonds. The van der Waals surface area contributed by atoms with Gasteiger partial charge in [-0.25, -0.2) is 29.3 Å². The first-order chi connectivity index (χ1) is 18.8. The number of para-hydroxylation sites is 3. The first-order valence-electron chi connectivity index (χ1n) is 11.6. The molecule has 201 valence electrons. The predicted octanol–water partition coefficient (Wildman–Crippen LogP) is 5.80. The second-order valence-corrected chi connectivity index (χ2v) is 8.08. The zero-order valence-electron chi connectivity index (χ0n) is 20.6. The first-order valence-corrected chi connectivity index (χ1v) is 11.6. The second kappa shape index (κ2) is 14.1. The molecule has 6 aromatic rings. The molecule has 0 bridgehead atoms. The van der Waals surface area contributed by atoms with Crippen LogP contribution in [0.1, 0.15) is 31.5 Å². The van der Waals surface area contributed by atoms with Gasteiger partial charge < -0.3 is 15.3 Å². The number of benzene rings is 3. The Morgan fingerprint density at radius 3 is 0.900 bits per heavy atom. The summed E-state index contributed by atoms with van der Waals surface area (Å²) in [4.78, 5) is 43.7. The van der Waals surface area contributed by atoms with Gasteiger partial charge in [-0.05, 0) is 36.4 Å². The minimum absolute atomic E-state index is 0. The van der Waals surface area contributed by atoms with Gasteiger partial charge in [0.25, 0.3) is 0 Å². The Labute approximate surface area is 258 Å². The zero-order chi connectivity index (χ0) is 27.8. The minimum Gasteiger partial charge on any atom is -0.477 e. The quantitative estimate of drug-likeness (QED) is 0.211. The summed E-state index contributed by atoms with van der Waals surface area (Å²) in [5.41, 5.74) is 2.38. The summed E-state index contributed by atoms with van der Waals surface area (Å²) in [5, 5.41) is 28.9. The number of rotatable bonds is 3. The molecule has 3 aromatic carbocycles. The third-order valence-electron chi connectivity index (χ3n) is 5.45. The maximum absolute atomic E-state index is 10.6. The van der Waals surface area contributed by atoms with E-state index in [1.54, 1.807) is 36.4 Å². The topological polar surface area (TPSA) is 151 Å². The Balaban J connectivity index is 0.000000163. The van der Waals surface area contributed by atoms with Gasteiger partial charge >= 0.3 is 17.9 Å². The molecular formula is C30H21N3O6Tb. The van der Waals surface area contributed by atoms with E-state index in [1.165, 1.54) is 18.2 Å². The molecule has 10 heteroatoms. The van der Waals surface area contributed by atoms with Crippen LogP contribution in [0.3, 0.4) is 0 Å². The van der Waals surface area contributed by atoms with Gasteiger partial charge in [-0.1, -0.05) is 72.8 Å². The second-order valence-electron chi connectivity index (χ2n) is 8.08. The van der Waals surface area contributed by atoms with Crippen molar-refractivity contribution in [1.29, 1.82) is 0 Å². The molecule has 3 N–H and O–H groups in total. The molecule has 1 radical (unpaired) electrons. The summed E-state index contributed by atoms with van der Waals surface area (Å²) in [6.07, 6.45) is 0. The zero-order valence-corrected chi connectivity index (χ0v) is 22.8. The molecule has 3 aromatic heterocycles. The minimum atomic E-state index is -0.995. The maximum atomic E-state index is 10.6. The molecule has 0 saturated carbocycles. The first kappa shape index (κ1) is 30.1.